The van der Waals surface area contributed by atoms with Crippen molar-refractivity contribution in [3.05, 3.63) is 24.3 Å². The summed E-state index contributed by atoms with van der Waals surface area (Å²) in [5, 5.41) is 5.65. The van der Waals surface area contributed by atoms with Crippen molar-refractivity contribution < 1.29 is 9.53 Å². The number of benzene rings is 1. The van der Waals surface area contributed by atoms with Gasteiger partial charge in [0.2, 0.25) is 0 Å². The summed E-state index contributed by atoms with van der Waals surface area (Å²) < 4.78 is 4.42. The Morgan fingerprint density at radius 1 is 1.40 bits per heavy atom. The number of carbonyl (C=O) groups is 1. The zero-order valence-corrected chi connectivity index (χ0v) is 8.62. The van der Waals surface area contributed by atoms with Crippen molar-refractivity contribution in [2.24, 2.45) is 0 Å². The first-order valence-electron chi connectivity index (χ1n) is 4.64. The fourth-order valence-electron chi connectivity index (χ4n) is 1.09. The number of nitrogen functional groups attached to an aromatic ring is 1. The molecule has 0 bridgehead atoms. The number of anilines is 2. The first-order valence-corrected chi connectivity index (χ1v) is 4.64. The maximum absolute atomic E-state index is 10.7. The molecule has 15 heavy (non-hydrogen) atoms. The minimum atomic E-state index is -0.433. The molecule has 1 rings (SSSR count). The van der Waals surface area contributed by atoms with Crippen LogP contribution in [0.25, 0.3) is 0 Å². The molecule has 0 fully saturated rings. The third-order valence-electron chi connectivity index (χ3n) is 1.86. The van der Waals surface area contributed by atoms with E-state index in [1.54, 1.807) is 0 Å². The Morgan fingerprint density at radius 2 is 2.13 bits per heavy atom. The highest BCUT2D eigenvalue weighted by molar-refractivity contribution is 5.67. The molecule has 0 aromatic heterocycles. The predicted octanol–water partition coefficient (Wildman–Crippen LogP) is 1.04. The summed E-state index contributed by atoms with van der Waals surface area (Å²) in [6.45, 7) is 1.09. The van der Waals surface area contributed by atoms with Gasteiger partial charge in [0.25, 0.3) is 0 Å². The smallest absolute Gasteiger partial charge is 0.406 e. The number of methoxy groups -OCH3 is 1. The van der Waals surface area contributed by atoms with E-state index in [1.807, 2.05) is 24.3 Å². The van der Waals surface area contributed by atoms with Gasteiger partial charge in [-0.2, -0.15) is 0 Å². The molecule has 0 saturated heterocycles. The number of hydrogen-bond donors (Lipinski definition) is 3. The van der Waals surface area contributed by atoms with Crippen LogP contribution in [0, 0.1) is 0 Å². The Morgan fingerprint density at radius 3 is 2.80 bits per heavy atom. The number of carbonyl (C=O) groups excluding carboxylic acids is 1. The highest BCUT2D eigenvalue weighted by Crippen LogP contribution is 2.15. The quantitative estimate of drug-likeness (QED) is 0.511. The van der Waals surface area contributed by atoms with Crippen LogP contribution in [0.1, 0.15) is 0 Å². The number of nitrogens with two attached hydrogens (primary N) is 1. The average Bonchev–Trinajstić information content (AvgIpc) is 2.26. The van der Waals surface area contributed by atoms with Crippen LogP contribution in [0.15, 0.2) is 24.3 Å². The molecule has 4 N–H and O–H groups in total. The van der Waals surface area contributed by atoms with Crippen molar-refractivity contribution in [3.8, 4) is 0 Å². The van der Waals surface area contributed by atoms with E-state index in [-0.39, 0.29) is 0 Å². The van der Waals surface area contributed by atoms with Gasteiger partial charge in [-0.25, -0.2) is 4.79 Å². The van der Waals surface area contributed by atoms with E-state index in [1.165, 1.54) is 7.11 Å². The van der Waals surface area contributed by atoms with Crippen molar-refractivity contribution in [2.45, 2.75) is 0 Å². The summed E-state index contributed by atoms with van der Waals surface area (Å²) in [5.41, 5.74) is 7.27. The number of para-hydroxylation sites is 2. The summed E-state index contributed by atoms with van der Waals surface area (Å²) in [4.78, 5) is 10.7. The van der Waals surface area contributed by atoms with Gasteiger partial charge in [0.1, 0.15) is 0 Å². The Kier molecular flexibility index (Phi) is 4.28. The van der Waals surface area contributed by atoms with Crippen molar-refractivity contribution in [1.82, 2.24) is 5.32 Å². The van der Waals surface area contributed by atoms with Crippen LogP contribution in [0.3, 0.4) is 0 Å². The topological polar surface area (TPSA) is 76.4 Å². The molecule has 0 saturated carbocycles. The molecular formula is C10H15N3O2. The van der Waals surface area contributed by atoms with Crippen LogP contribution in [0.5, 0.6) is 0 Å². The molecule has 5 nitrogen and oxygen atoms in total. The maximum Gasteiger partial charge on any atom is 0.406 e. The molecule has 1 amide bonds. The lowest BCUT2D eigenvalue weighted by Crippen LogP contribution is -2.28. The molecule has 0 unspecified atom stereocenters. The molecule has 82 valence electrons. The van der Waals surface area contributed by atoms with Crippen LogP contribution < -0.4 is 16.4 Å². The van der Waals surface area contributed by atoms with Crippen LogP contribution in [0.2, 0.25) is 0 Å². The Labute approximate surface area is 88.6 Å². The average molecular weight is 209 g/mol. The number of rotatable bonds is 4. The van der Waals surface area contributed by atoms with Crippen LogP contribution in [0.4, 0.5) is 16.2 Å². The Hall–Kier alpha value is -1.91. The van der Waals surface area contributed by atoms with Gasteiger partial charge in [-0.3, -0.25) is 0 Å². The fourth-order valence-corrected chi connectivity index (χ4v) is 1.09. The van der Waals surface area contributed by atoms with Gasteiger partial charge in [-0.05, 0) is 12.1 Å². The number of alkyl carbamates (subject to hydrolysis) is 1. The zero-order chi connectivity index (χ0) is 11.1. The molecule has 0 radical (unpaired) electrons. The third-order valence-corrected chi connectivity index (χ3v) is 1.86. The number of ether oxygens (including phenoxy) is 1. The second kappa shape index (κ2) is 5.74. The summed E-state index contributed by atoms with van der Waals surface area (Å²) >= 11 is 0. The van der Waals surface area contributed by atoms with E-state index in [2.05, 4.69) is 15.4 Å². The Bertz CT molecular complexity index is 328. The minimum Gasteiger partial charge on any atom is -0.453 e. The largest absolute Gasteiger partial charge is 0.453 e. The molecule has 0 atom stereocenters. The molecule has 0 aliphatic carbocycles. The SMILES string of the molecule is COC(=O)NCCNc1ccccc1N. The summed E-state index contributed by atoms with van der Waals surface area (Å²) in [7, 11) is 1.33. The minimum absolute atomic E-state index is 0.433. The van der Waals surface area contributed by atoms with Crippen molar-refractivity contribution in [3.63, 3.8) is 0 Å². The van der Waals surface area contributed by atoms with Gasteiger partial charge in [0.05, 0.1) is 18.5 Å². The van der Waals surface area contributed by atoms with Gasteiger partial charge in [-0.1, -0.05) is 12.1 Å². The highest BCUT2D eigenvalue weighted by Gasteiger charge is 1.98. The van der Waals surface area contributed by atoms with E-state index < -0.39 is 6.09 Å². The lowest BCUT2D eigenvalue weighted by molar-refractivity contribution is 0.171. The number of nitrogens with one attached hydrogen (secondary N) is 2. The van der Waals surface area contributed by atoms with E-state index in [9.17, 15) is 4.79 Å². The van der Waals surface area contributed by atoms with Crippen molar-refractivity contribution >= 4 is 17.5 Å². The third kappa shape index (κ3) is 3.76. The zero-order valence-electron chi connectivity index (χ0n) is 8.62. The van der Waals surface area contributed by atoms with E-state index in [0.717, 1.165) is 5.69 Å². The number of amides is 1. The normalized spacial score (nSPS) is 9.40. The molecule has 1 aromatic carbocycles. The van der Waals surface area contributed by atoms with Crippen LogP contribution in [-0.2, 0) is 4.74 Å². The molecule has 1 aromatic rings. The standard InChI is InChI=1S/C10H15N3O2/c1-15-10(14)13-7-6-12-9-5-3-2-4-8(9)11/h2-5,12H,6-7,11H2,1H3,(H,13,14). The summed E-state index contributed by atoms with van der Waals surface area (Å²) in [6.07, 6.45) is -0.433. The van der Waals surface area contributed by atoms with Gasteiger partial charge in [0.15, 0.2) is 0 Å². The van der Waals surface area contributed by atoms with Gasteiger partial charge >= 0.3 is 6.09 Å². The first kappa shape index (κ1) is 11.2. The summed E-state index contributed by atoms with van der Waals surface area (Å²) in [5.74, 6) is 0. The second-order valence-electron chi connectivity index (χ2n) is 2.93. The van der Waals surface area contributed by atoms with Gasteiger partial charge in [-0.15, -0.1) is 0 Å². The molecule has 5 heteroatoms. The molecule has 0 aliphatic heterocycles. The van der Waals surface area contributed by atoms with E-state index >= 15 is 0 Å². The lowest BCUT2D eigenvalue weighted by atomic mass is 10.3. The highest BCUT2D eigenvalue weighted by atomic mass is 16.5. The first-order chi connectivity index (χ1) is 7.24. The van der Waals surface area contributed by atoms with Crippen molar-refractivity contribution in [1.29, 1.82) is 0 Å². The fraction of sp³-hybridized carbons (Fsp3) is 0.300. The van der Waals surface area contributed by atoms with Gasteiger partial charge < -0.3 is 21.1 Å². The van der Waals surface area contributed by atoms with Crippen LogP contribution in [-0.4, -0.2) is 26.3 Å². The summed E-state index contributed by atoms with van der Waals surface area (Å²) in [6, 6.07) is 7.46. The lowest BCUT2D eigenvalue weighted by Gasteiger charge is -2.09. The van der Waals surface area contributed by atoms with Crippen molar-refractivity contribution in [2.75, 3.05) is 31.2 Å². The predicted molar refractivity (Wildman–Crippen MR) is 59.8 cm³/mol. The molecule has 0 spiro atoms. The Balaban J connectivity index is 2.26. The number of hydrogen-bond acceptors (Lipinski definition) is 4. The van der Waals surface area contributed by atoms with E-state index in [4.69, 9.17) is 5.73 Å². The molecule has 0 heterocycles. The molecule has 0 aliphatic rings. The molecular weight excluding hydrogens is 194 g/mol. The maximum atomic E-state index is 10.7. The van der Waals surface area contributed by atoms with Gasteiger partial charge in [0, 0.05) is 13.1 Å². The second-order valence-corrected chi connectivity index (χ2v) is 2.93. The van der Waals surface area contributed by atoms with E-state index in [0.29, 0.717) is 18.8 Å². The monoisotopic (exact) mass is 209 g/mol. The van der Waals surface area contributed by atoms with Crippen LogP contribution >= 0.6 is 0 Å².